The fourth-order valence-corrected chi connectivity index (χ4v) is 6.43. The minimum Gasteiger partial charge on any atom is -0.353 e. The molecule has 1 aromatic carbocycles. The van der Waals surface area contributed by atoms with Gasteiger partial charge in [-0.25, -0.2) is 8.42 Å². The second-order valence-electron chi connectivity index (χ2n) is 7.92. The van der Waals surface area contributed by atoms with E-state index in [1.165, 1.54) is 35.7 Å². The van der Waals surface area contributed by atoms with Crippen LogP contribution >= 0.6 is 11.6 Å². The van der Waals surface area contributed by atoms with Crippen LogP contribution in [0.5, 0.6) is 0 Å². The maximum Gasteiger partial charge on any atom is 0.243 e. The molecule has 3 fully saturated rings. The van der Waals surface area contributed by atoms with Crippen LogP contribution in [0.2, 0.25) is 5.02 Å². The van der Waals surface area contributed by atoms with Crippen molar-refractivity contribution >= 4 is 27.5 Å². The molecule has 5 nitrogen and oxygen atoms in total. The van der Waals surface area contributed by atoms with Gasteiger partial charge in [-0.05, 0) is 68.2 Å². The Hall–Kier alpha value is -1.11. The van der Waals surface area contributed by atoms with Gasteiger partial charge in [0.1, 0.15) is 0 Å². The number of nitrogens with zero attached hydrogens (tertiary/aromatic N) is 1. The second kappa shape index (κ2) is 7.13. The van der Waals surface area contributed by atoms with Gasteiger partial charge in [-0.15, -0.1) is 0 Å². The molecule has 142 valence electrons. The van der Waals surface area contributed by atoms with Crippen LogP contribution in [-0.2, 0) is 14.8 Å². The third kappa shape index (κ3) is 3.51. The average molecular weight is 397 g/mol. The van der Waals surface area contributed by atoms with E-state index in [1.807, 2.05) is 0 Å². The zero-order valence-corrected chi connectivity index (χ0v) is 16.3. The van der Waals surface area contributed by atoms with Crippen LogP contribution in [0.3, 0.4) is 0 Å². The molecule has 26 heavy (non-hydrogen) atoms. The van der Waals surface area contributed by atoms with Crippen molar-refractivity contribution in [1.82, 2.24) is 9.62 Å². The molecular formula is C19H25ClN2O3S. The highest BCUT2D eigenvalue weighted by Gasteiger charge is 2.41. The van der Waals surface area contributed by atoms with Crippen molar-refractivity contribution in [2.45, 2.75) is 49.5 Å². The average Bonchev–Trinajstić information content (AvgIpc) is 3.25. The number of fused-ring (bicyclic) bond motifs is 2. The van der Waals surface area contributed by atoms with Gasteiger partial charge < -0.3 is 5.32 Å². The number of hydrogen-bond acceptors (Lipinski definition) is 3. The SMILES string of the molecule is O=C(N[C@H]1C[C@@H]2CC[C@@H]1C2)C1CCN(S(=O)(=O)c2ccc(Cl)cc2)CC1. The maximum atomic E-state index is 12.7. The molecule has 0 radical (unpaired) electrons. The van der Waals surface area contributed by atoms with Crippen LogP contribution in [0.15, 0.2) is 29.2 Å². The number of nitrogens with one attached hydrogen (secondary N) is 1. The number of rotatable bonds is 4. The van der Waals surface area contributed by atoms with Crippen LogP contribution < -0.4 is 5.32 Å². The van der Waals surface area contributed by atoms with Crippen molar-refractivity contribution in [2.24, 2.45) is 17.8 Å². The van der Waals surface area contributed by atoms with Crippen molar-refractivity contribution in [3.63, 3.8) is 0 Å². The molecule has 3 aliphatic rings. The second-order valence-corrected chi connectivity index (χ2v) is 10.3. The molecule has 1 aliphatic heterocycles. The van der Waals surface area contributed by atoms with Crippen LogP contribution in [0.4, 0.5) is 0 Å². The van der Waals surface area contributed by atoms with Crippen molar-refractivity contribution < 1.29 is 13.2 Å². The topological polar surface area (TPSA) is 66.5 Å². The molecule has 4 rings (SSSR count). The number of sulfonamides is 1. The highest BCUT2D eigenvalue weighted by Crippen LogP contribution is 2.44. The summed E-state index contributed by atoms with van der Waals surface area (Å²) in [6, 6.07) is 6.59. The summed E-state index contributed by atoms with van der Waals surface area (Å²) in [4.78, 5) is 12.9. The zero-order chi connectivity index (χ0) is 18.3. The Balaban J connectivity index is 1.33. The Morgan fingerprint density at radius 1 is 1.04 bits per heavy atom. The third-order valence-corrected chi connectivity index (χ3v) is 8.51. The van der Waals surface area contributed by atoms with Crippen LogP contribution in [-0.4, -0.2) is 37.8 Å². The van der Waals surface area contributed by atoms with E-state index in [-0.39, 0.29) is 16.7 Å². The lowest BCUT2D eigenvalue weighted by Crippen LogP contribution is -2.46. The van der Waals surface area contributed by atoms with Crippen molar-refractivity contribution in [1.29, 1.82) is 0 Å². The van der Waals surface area contributed by atoms with Gasteiger partial charge in [0.05, 0.1) is 4.90 Å². The predicted molar refractivity (Wildman–Crippen MR) is 100 cm³/mol. The molecular weight excluding hydrogens is 372 g/mol. The van der Waals surface area contributed by atoms with Crippen molar-refractivity contribution in [3.05, 3.63) is 29.3 Å². The van der Waals surface area contributed by atoms with Gasteiger partial charge in [-0.1, -0.05) is 18.0 Å². The highest BCUT2D eigenvalue weighted by atomic mass is 35.5. The normalized spacial score (nSPS) is 29.8. The number of carbonyl (C=O) groups excluding carboxylic acids is 1. The Morgan fingerprint density at radius 2 is 1.73 bits per heavy atom. The molecule has 2 bridgehead atoms. The van der Waals surface area contributed by atoms with Gasteiger partial charge in [0.15, 0.2) is 0 Å². The minimum atomic E-state index is -3.51. The van der Waals surface area contributed by atoms with E-state index in [9.17, 15) is 13.2 Å². The first-order valence-electron chi connectivity index (χ1n) is 9.49. The fourth-order valence-electron chi connectivity index (χ4n) is 4.84. The molecule has 2 aliphatic carbocycles. The lowest BCUT2D eigenvalue weighted by molar-refractivity contribution is -0.127. The lowest BCUT2D eigenvalue weighted by atomic mass is 9.93. The number of piperidine rings is 1. The van der Waals surface area contributed by atoms with E-state index in [0.29, 0.717) is 42.9 Å². The molecule has 7 heteroatoms. The summed E-state index contributed by atoms with van der Waals surface area (Å²) in [5, 5.41) is 3.76. The summed E-state index contributed by atoms with van der Waals surface area (Å²) < 4.78 is 26.9. The smallest absolute Gasteiger partial charge is 0.243 e. The van der Waals surface area contributed by atoms with E-state index in [2.05, 4.69) is 5.32 Å². The van der Waals surface area contributed by atoms with E-state index in [4.69, 9.17) is 11.6 Å². The molecule has 0 aromatic heterocycles. The van der Waals surface area contributed by atoms with Gasteiger partial charge in [0, 0.05) is 30.1 Å². The van der Waals surface area contributed by atoms with Crippen molar-refractivity contribution in [2.75, 3.05) is 13.1 Å². The molecule has 1 aromatic rings. The van der Waals surface area contributed by atoms with E-state index >= 15 is 0 Å². The fraction of sp³-hybridized carbons (Fsp3) is 0.632. The minimum absolute atomic E-state index is 0.0780. The van der Waals surface area contributed by atoms with E-state index in [1.54, 1.807) is 12.1 Å². The molecule has 1 saturated heterocycles. The summed E-state index contributed by atoms with van der Waals surface area (Å²) in [6.07, 6.45) is 6.12. The van der Waals surface area contributed by atoms with Crippen LogP contribution in [0.25, 0.3) is 0 Å². The first-order chi connectivity index (χ1) is 12.4. The number of hydrogen-bond donors (Lipinski definition) is 1. The molecule has 3 atom stereocenters. The monoisotopic (exact) mass is 396 g/mol. The summed E-state index contributed by atoms with van der Waals surface area (Å²) >= 11 is 5.84. The van der Waals surface area contributed by atoms with Gasteiger partial charge in [0.25, 0.3) is 0 Å². The van der Waals surface area contributed by atoms with Crippen LogP contribution in [0, 0.1) is 17.8 Å². The lowest BCUT2D eigenvalue weighted by Gasteiger charge is -2.32. The largest absolute Gasteiger partial charge is 0.353 e. The van der Waals surface area contributed by atoms with Crippen molar-refractivity contribution in [3.8, 4) is 0 Å². The summed E-state index contributed by atoms with van der Waals surface area (Å²) in [5.41, 5.74) is 0. The van der Waals surface area contributed by atoms with Gasteiger partial charge in [0.2, 0.25) is 15.9 Å². The van der Waals surface area contributed by atoms with E-state index in [0.717, 1.165) is 12.3 Å². The Kier molecular flexibility index (Phi) is 5.01. The van der Waals surface area contributed by atoms with E-state index < -0.39 is 10.0 Å². The Bertz CT molecular complexity index is 772. The Morgan fingerprint density at radius 3 is 2.31 bits per heavy atom. The predicted octanol–water partition coefficient (Wildman–Crippen LogP) is 3.05. The Labute approximate surface area is 160 Å². The highest BCUT2D eigenvalue weighted by molar-refractivity contribution is 7.89. The van der Waals surface area contributed by atoms with Gasteiger partial charge in [-0.3, -0.25) is 4.79 Å². The third-order valence-electron chi connectivity index (χ3n) is 6.34. The molecule has 0 unspecified atom stereocenters. The first kappa shape index (κ1) is 18.3. The number of carbonyl (C=O) groups is 1. The standard InChI is InChI=1S/C19H25ClN2O3S/c20-16-3-5-17(6-4-16)26(24,25)22-9-7-14(8-10-22)19(23)21-18-12-13-1-2-15(18)11-13/h3-6,13-15,18H,1-2,7-12H2,(H,21,23)/t13-,15-,18+/m1/s1. The maximum absolute atomic E-state index is 12.7. The number of amides is 1. The number of benzene rings is 1. The quantitative estimate of drug-likeness (QED) is 0.850. The molecule has 1 heterocycles. The van der Waals surface area contributed by atoms with Gasteiger partial charge >= 0.3 is 0 Å². The zero-order valence-electron chi connectivity index (χ0n) is 14.7. The molecule has 1 amide bonds. The summed E-state index contributed by atoms with van der Waals surface area (Å²) in [6.45, 7) is 0.777. The summed E-state index contributed by atoms with van der Waals surface area (Å²) in [7, 11) is -3.51. The molecule has 0 spiro atoms. The number of halogens is 1. The molecule has 1 N–H and O–H groups in total. The summed E-state index contributed by atoms with van der Waals surface area (Å²) in [5.74, 6) is 1.50. The molecule has 2 saturated carbocycles. The van der Waals surface area contributed by atoms with Gasteiger partial charge in [-0.2, -0.15) is 4.31 Å². The first-order valence-corrected chi connectivity index (χ1v) is 11.3. The van der Waals surface area contributed by atoms with Crippen LogP contribution in [0.1, 0.15) is 38.5 Å².